The van der Waals surface area contributed by atoms with Crippen LogP contribution in [0.25, 0.3) is 5.70 Å². The van der Waals surface area contributed by atoms with Crippen molar-refractivity contribution in [3.63, 3.8) is 0 Å². The van der Waals surface area contributed by atoms with E-state index in [9.17, 15) is 4.79 Å². The van der Waals surface area contributed by atoms with Crippen LogP contribution in [0, 0.1) is 0 Å². The number of benzene rings is 2. The maximum absolute atomic E-state index is 10.8. The van der Waals surface area contributed by atoms with Gasteiger partial charge in [-0.2, -0.15) is 0 Å². The number of nitrogens with zero attached hydrogens (tertiary/aromatic N) is 1. The highest BCUT2D eigenvalue weighted by molar-refractivity contribution is 6.30. The Morgan fingerprint density at radius 3 is 2.38 bits per heavy atom. The normalized spacial score (nSPS) is 13.8. The Labute approximate surface area is 127 Å². The Balaban J connectivity index is 1.73. The standard InChI is InChI=1S/C16H13ClN2O2/c17-13-5-1-11(2-6-13)15-9-10-19(18-15)14-7-3-12(4-8-14)16(20)21/h1-9,18H,10H2,(H,20,21). The number of nitrogens with one attached hydrogen (secondary N) is 1. The van der Waals surface area contributed by atoms with Gasteiger partial charge >= 0.3 is 5.97 Å². The van der Waals surface area contributed by atoms with Gasteiger partial charge in [-0.3, -0.25) is 10.4 Å². The summed E-state index contributed by atoms with van der Waals surface area (Å²) in [4.78, 5) is 10.8. The van der Waals surface area contributed by atoms with E-state index in [1.807, 2.05) is 29.3 Å². The molecule has 0 saturated heterocycles. The molecule has 4 nitrogen and oxygen atoms in total. The van der Waals surface area contributed by atoms with Crippen molar-refractivity contribution in [2.75, 3.05) is 11.6 Å². The minimum atomic E-state index is -0.920. The van der Waals surface area contributed by atoms with Gasteiger partial charge in [0.25, 0.3) is 0 Å². The summed E-state index contributed by atoms with van der Waals surface area (Å²) >= 11 is 5.89. The fourth-order valence-electron chi connectivity index (χ4n) is 2.19. The number of hydrogen-bond acceptors (Lipinski definition) is 3. The minimum Gasteiger partial charge on any atom is -0.478 e. The fraction of sp³-hybridized carbons (Fsp3) is 0.0625. The highest BCUT2D eigenvalue weighted by Gasteiger charge is 2.15. The Morgan fingerprint density at radius 1 is 1.10 bits per heavy atom. The van der Waals surface area contributed by atoms with E-state index in [-0.39, 0.29) is 5.56 Å². The molecule has 0 bridgehead atoms. The smallest absolute Gasteiger partial charge is 0.335 e. The van der Waals surface area contributed by atoms with Crippen LogP contribution in [0.2, 0.25) is 5.02 Å². The summed E-state index contributed by atoms with van der Waals surface area (Å²) in [6.07, 6.45) is 2.08. The molecule has 1 aliphatic rings. The Bertz CT molecular complexity index is 693. The van der Waals surface area contributed by atoms with Gasteiger partial charge in [0.15, 0.2) is 0 Å². The van der Waals surface area contributed by atoms with Crippen LogP contribution in [0.4, 0.5) is 5.69 Å². The van der Waals surface area contributed by atoms with Crippen molar-refractivity contribution in [1.29, 1.82) is 0 Å². The van der Waals surface area contributed by atoms with Crippen molar-refractivity contribution in [1.82, 2.24) is 5.43 Å². The first-order valence-corrected chi connectivity index (χ1v) is 6.85. The van der Waals surface area contributed by atoms with E-state index < -0.39 is 5.97 Å². The summed E-state index contributed by atoms with van der Waals surface area (Å²) in [6.45, 7) is 0.713. The maximum Gasteiger partial charge on any atom is 0.335 e. The predicted octanol–water partition coefficient (Wildman–Crippen LogP) is 3.40. The van der Waals surface area contributed by atoms with E-state index in [1.54, 1.807) is 24.3 Å². The molecule has 1 heterocycles. The zero-order valence-corrected chi connectivity index (χ0v) is 11.8. The molecule has 2 N–H and O–H groups in total. The van der Waals surface area contributed by atoms with Crippen molar-refractivity contribution in [2.45, 2.75) is 0 Å². The third-order valence-corrected chi connectivity index (χ3v) is 3.57. The molecule has 0 spiro atoms. The van der Waals surface area contributed by atoms with Crippen LogP contribution in [0.1, 0.15) is 15.9 Å². The first-order valence-electron chi connectivity index (χ1n) is 6.47. The molecule has 0 amide bonds. The van der Waals surface area contributed by atoms with Gasteiger partial charge in [-0.15, -0.1) is 0 Å². The van der Waals surface area contributed by atoms with Gasteiger partial charge in [-0.1, -0.05) is 23.7 Å². The summed E-state index contributed by atoms with van der Waals surface area (Å²) in [5.41, 5.74) is 6.56. The van der Waals surface area contributed by atoms with Crippen molar-refractivity contribution in [2.24, 2.45) is 0 Å². The van der Waals surface area contributed by atoms with E-state index >= 15 is 0 Å². The third kappa shape index (κ3) is 2.85. The van der Waals surface area contributed by atoms with Gasteiger partial charge in [0, 0.05) is 5.02 Å². The summed E-state index contributed by atoms with van der Waals surface area (Å²) in [5, 5.41) is 11.6. The lowest BCUT2D eigenvalue weighted by Gasteiger charge is -2.20. The van der Waals surface area contributed by atoms with Crippen LogP contribution in [-0.2, 0) is 0 Å². The molecule has 1 aliphatic heterocycles. The molecule has 0 radical (unpaired) electrons. The fourth-order valence-corrected chi connectivity index (χ4v) is 2.31. The highest BCUT2D eigenvalue weighted by Crippen LogP contribution is 2.23. The topological polar surface area (TPSA) is 52.6 Å². The van der Waals surface area contributed by atoms with Gasteiger partial charge in [-0.25, -0.2) is 4.79 Å². The van der Waals surface area contributed by atoms with Gasteiger partial charge < -0.3 is 5.11 Å². The van der Waals surface area contributed by atoms with Crippen molar-refractivity contribution in [3.05, 3.63) is 70.8 Å². The number of aromatic carboxylic acids is 1. The van der Waals surface area contributed by atoms with E-state index in [1.165, 1.54) is 0 Å². The first kappa shape index (κ1) is 13.5. The number of halogens is 1. The summed E-state index contributed by atoms with van der Waals surface area (Å²) < 4.78 is 0. The molecule has 0 aromatic heterocycles. The minimum absolute atomic E-state index is 0.281. The van der Waals surface area contributed by atoms with Crippen molar-refractivity contribution < 1.29 is 9.90 Å². The van der Waals surface area contributed by atoms with Crippen LogP contribution >= 0.6 is 11.6 Å². The Morgan fingerprint density at radius 2 is 1.76 bits per heavy atom. The molecule has 2 aromatic carbocycles. The average molecular weight is 301 g/mol. The molecule has 3 rings (SSSR count). The van der Waals surface area contributed by atoms with E-state index in [0.29, 0.717) is 11.6 Å². The lowest BCUT2D eigenvalue weighted by atomic mass is 10.1. The van der Waals surface area contributed by atoms with Crippen LogP contribution in [0.5, 0.6) is 0 Å². The largest absolute Gasteiger partial charge is 0.478 e. The van der Waals surface area contributed by atoms with Crippen LogP contribution in [0.15, 0.2) is 54.6 Å². The maximum atomic E-state index is 10.8. The molecular weight excluding hydrogens is 288 g/mol. The molecule has 0 fully saturated rings. The second-order valence-corrected chi connectivity index (χ2v) is 5.14. The van der Waals surface area contributed by atoms with Crippen molar-refractivity contribution >= 4 is 29.0 Å². The molecule has 2 aromatic rings. The zero-order valence-electron chi connectivity index (χ0n) is 11.1. The van der Waals surface area contributed by atoms with E-state index in [2.05, 4.69) is 11.5 Å². The zero-order chi connectivity index (χ0) is 14.8. The average Bonchev–Trinajstić information content (AvgIpc) is 2.98. The summed E-state index contributed by atoms with van der Waals surface area (Å²) in [7, 11) is 0. The summed E-state index contributed by atoms with van der Waals surface area (Å²) in [5.74, 6) is -0.920. The number of hydrazine groups is 1. The predicted molar refractivity (Wildman–Crippen MR) is 83.3 cm³/mol. The van der Waals surface area contributed by atoms with E-state index in [4.69, 9.17) is 16.7 Å². The third-order valence-electron chi connectivity index (χ3n) is 3.31. The molecule has 0 unspecified atom stereocenters. The molecule has 0 saturated carbocycles. The second-order valence-electron chi connectivity index (χ2n) is 4.70. The van der Waals surface area contributed by atoms with E-state index in [0.717, 1.165) is 16.9 Å². The number of carboxylic acid groups (broad SMARTS) is 1. The first-order chi connectivity index (χ1) is 10.1. The SMILES string of the molecule is O=C(O)c1ccc(N2CC=C(c3ccc(Cl)cc3)N2)cc1. The van der Waals surface area contributed by atoms with Crippen molar-refractivity contribution in [3.8, 4) is 0 Å². The molecule has 106 valence electrons. The van der Waals surface area contributed by atoms with Gasteiger partial charge in [0.2, 0.25) is 0 Å². The van der Waals surface area contributed by atoms with Gasteiger partial charge in [-0.05, 0) is 48.0 Å². The number of rotatable bonds is 3. The number of carboxylic acids is 1. The molecule has 21 heavy (non-hydrogen) atoms. The molecule has 5 heteroatoms. The van der Waals surface area contributed by atoms with Gasteiger partial charge in [0.1, 0.15) is 0 Å². The van der Waals surface area contributed by atoms with Crippen LogP contribution < -0.4 is 10.4 Å². The van der Waals surface area contributed by atoms with Crippen LogP contribution in [0.3, 0.4) is 0 Å². The molecule has 0 aliphatic carbocycles. The van der Waals surface area contributed by atoms with Crippen LogP contribution in [-0.4, -0.2) is 17.6 Å². The molecular formula is C16H13ClN2O2. The number of carbonyl (C=O) groups is 1. The number of hydrogen-bond donors (Lipinski definition) is 2. The lowest BCUT2D eigenvalue weighted by Crippen LogP contribution is -2.31. The molecule has 0 atom stereocenters. The monoisotopic (exact) mass is 300 g/mol. The summed E-state index contributed by atoms with van der Waals surface area (Å²) in [6, 6.07) is 14.4. The highest BCUT2D eigenvalue weighted by atomic mass is 35.5. The lowest BCUT2D eigenvalue weighted by molar-refractivity contribution is 0.0697. The quantitative estimate of drug-likeness (QED) is 0.912. The Hall–Kier alpha value is -2.46. The Kier molecular flexibility index (Phi) is 3.54. The van der Waals surface area contributed by atoms with Gasteiger partial charge in [0.05, 0.1) is 23.5 Å². The second kappa shape index (κ2) is 5.50. The number of anilines is 1.